The summed E-state index contributed by atoms with van der Waals surface area (Å²) in [5, 5.41) is 19.8. The first-order chi connectivity index (χ1) is 19.7. The number of ether oxygens (including phenoxy) is 1. The summed E-state index contributed by atoms with van der Waals surface area (Å²) >= 11 is 0. The summed E-state index contributed by atoms with van der Waals surface area (Å²) in [5.74, 6) is 0.650. The minimum atomic E-state index is -0.441. The van der Waals surface area contributed by atoms with E-state index in [2.05, 4.69) is 32.2 Å². The topological polar surface area (TPSA) is 114 Å². The lowest BCUT2D eigenvalue weighted by atomic mass is 9.80. The first-order valence-electron chi connectivity index (χ1n) is 15.0. The second-order valence-corrected chi connectivity index (χ2v) is 12.0. The molecule has 0 spiro atoms. The number of rotatable bonds is 6. The SMILES string of the molecule is OCC1(CO)CCN(c2nc(-c3ccc4c(c3)ncn4C3CCCCC3)c3ncn(C4CCCCO4)c3n2)CC1. The molecule has 3 aromatic heterocycles. The quantitative estimate of drug-likeness (QED) is 0.361. The number of piperidine rings is 1. The van der Waals surface area contributed by atoms with E-state index in [1.165, 1.54) is 37.6 Å². The van der Waals surface area contributed by atoms with Gasteiger partial charge < -0.3 is 24.4 Å². The average Bonchev–Trinajstić information content (AvgIpc) is 3.66. The minimum Gasteiger partial charge on any atom is -0.396 e. The zero-order valence-corrected chi connectivity index (χ0v) is 23.1. The van der Waals surface area contributed by atoms with E-state index in [9.17, 15) is 10.2 Å². The summed E-state index contributed by atoms with van der Waals surface area (Å²) in [5.41, 5.74) is 5.01. The molecule has 0 amide bonds. The molecule has 10 heteroatoms. The molecule has 1 atom stereocenters. The van der Waals surface area contributed by atoms with Gasteiger partial charge in [-0.2, -0.15) is 4.98 Å². The zero-order chi connectivity index (χ0) is 27.1. The molecular weight excluding hydrogens is 506 g/mol. The van der Waals surface area contributed by atoms with Gasteiger partial charge in [-0.15, -0.1) is 0 Å². The molecule has 1 aliphatic carbocycles. The second kappa shape index (κ2) is 10.7. The summed E-state index contributed by atoms with van der Waals surface area (Å²) < 4.78 is 10.5. The first kappa shape index (κ1) is 25.9. The number of fused-ring (bicyclic) bond motifs is 2. The Morgan fingerprint density at radius 2 is 1.65 bits per heavy atom. The van der Waals surface area contributed by atoms with Crippen molar-refractivity contribution >= 4 is 28.1 Å². The van der Waals surface area contributed by atoms with Gasteiger partial charge in [0, 0.05) is 36.7 Å². The number of anilines is 1. The van der Waals surface area contributed by atoms with E-state index in [-0.39, 0.29) is 19.4 Å². The molecule has 5 heterocycles. The molecule has 2 N–H and O–H groups in total. The summed E-state index contributed by atoms with van der Waals surface area (Å²) in [7, 11) is 0. The van der Waals surface area contributed by atoms with E-state index in [4.69, 9.17) is 24.7 Å². The predicted molar refractivity (Wildman–Crippen MR) is 153 cm³/mol. The Morgan fingerprint density at radius 1 is 0.875 bits per heavy atom. The second-order valence-electron chi connectivity index (χ2n) is 12.0. The van der Waals surface area contributed by atoms with Crippen LogP contribution in [0.3, 0.4) is 0 Å². The number of imidazole rings is 2. The van der Waals surface area contributed by atoms with Gasteiger partial charge in [0.1, 0.15) is 17.4 Å². The number of benzene rings is 1. The Morgan fingerprint density at radius 3 is 2.40 bits per heavy atom. The van der Waals surface area contributed by atoms with Crippen molar-refractivity contribution in [2.45, 2.75) is 76.5 Å². The lowest BCUT2D eigenvalue weighted by Crippen LogP contribution is -2.44. The maximum absolute atomic E-state index is 9.91. The third-order valence-corrected chi connectivity index (χ3v) is 9.47. The number of aliphatic hydroxyl groups excluding tert-OH is 2. The molecule has 1 unspecified atom stereocenters. The van der Waals surface area contributed by atoms with Crippen molar-refractivity contribution in [2.75, 3.05) is 37.8 Å². The molecule has 40 heavy (non-hydrogen) atoms. The van der Waals surface area contributed by atoms with E-state index < -0.39 is 5.41 Å². The van der Waals surface area contributed by atoms with E-state index in [1.807, 2.05) is 12.7 Å². The number of aliphatic hydroxyl groups is 2. The fourth-order valence-corrected chi connectivity index (χ4v) is 6.78. The van der Waals surface area contributed by atoms with Gasteiger partial charge in [0.15, 0.2) is 5.65 Å². The highest BCUT2D eigenvalue weighted by atomic mass is 16.5. The number of aromatic nitrogens is 6. The van der Waals surface area contributed by atoms with Gasteiger partial charge in [-0.05, 0) is 57.1 Å². The lowest BCUT2D eigenvalue weighted by molar-refractivity contribution is -0.0298. The molecule has 3 fully saturated rings. The van der Waals surface area contributed by atoms with Gasteiger partial charge in [-0.1, -0.05) is 25.3 Å². The van der Waals surface area contributed by atoms with Crippen LogP contribution in [0.5, 0.6) is 0 Å². The largest absolute Gasteiger partial charge is 0.396 e. The van der Waals surface area contributed by atoms with E-state index in [0.29, 0.717) is 37.9 Å². The van der Waals surface area contributed by atoms with Crippen LogP contribution in [0.25, 0.3) is 33.5 Å². The Bertz CT molecular complexity index is 1470. The molecule has 2 saturated heterocycles. The van der Waals surface area contributed by atoms with Crippen LogP contribution < -0.4 is 4.90 Å². The molecule has 2 aliphatic heterocycles. The molecule has 4 aromatic rings. The van der Waals surface area contributed by atoms with E-state index >= 15 is 0 Å². The monoisotopic (exact) mass is 545 g/mol. The van der Waals surface area contributed by atoms with Crippen molar-refractivity contribution in [2.24, 2.45) is 5.41 Å². The molecular formula is C30H39N7O3. The van der Waals surface area contributed by atoms with Gasteiger partial charge in [-0.3, -0.25) is 4.57 Å². The molecule has 10 nitrogen and oxygen atoms in total. The molecule has 0 radical (unpaired) electrons. The van der Waals surface area contributed by atoms with Crippen LogP contribution in [0, 0.1) is 5.41 Å². The third-order valence-electron chi connectivity index (χ3n) is 9.47. The fourth-order valence-electron chi connectivity index (χ4n) is 6.78. The Hall–Kier alpha value is -3.08. The Labute approximate surface area is 234 Å². The van der Waals surface area contributed by atoms with E-state index in [0.717, 1.165) is 53.8 Å². The summed E-state index contributed by atoms with van der Waals surface area (Å²) in [6.45, 7) is 2.06. The summed E-state index contributed by atoms with van der Waals surface area (Å²) in [6.07, 6.45) is 14.6. The lowest BCUT2D eigenvalue weighted by Gasteiger charge is -2.39. The van der Waals surface area contributed by atoms with Crippen molar-refractivity contribution in [1.82, 2.24) is 29.1 Å². The van der Waals surface area contributed by atoms with Crippen molar-refractivity contribution < 1.29 is 14.9 Å². The summed E-state index contributed by atoms with van der Waals surface area (Å²) in [6, 6.07) is 6.98. The molecule has 1 saturated carbocycles. The molecule has 7 rings (SSSR count). The average molecular weight is 546 g/mol. The Kier molecular flexibility index (Phi) is 6.93. The zero-order valence-electron chi connectivity index (χ0n) is 23.1. The normalized spacial score (nSPS) is 22.4. The maximum atomic E-state index is 9.91. The predicted octanol–water partition coefficient (Wildman–Crippen LogP) is 4.62. The van der Waals surface area contributed by atoms with Crippen molar-refractivity contribution in [3.8, 4) is 11.3 Å². The molecule has 1 aromatic carbocycles. The highest BCUT2D eigenvalue weighted by Crippen LogP contribution is 2.37. The number of hydrogen-bond acceptors (Lipinski definition) is 8. The maximum Gasteiger partial charge on any atom is 0.228 e. The van der Waals surface area contributed by atoms with Crippen molar-refractivity contribution in [3.63, 3.8) is 0 Å². The third kappa shape index (κ3) is 4.55. The number of nitrogens with zero attached hydrogens (tertiary/aromatic N) is 7. The molecule has 3 aliphatic rings. The standard InChI is InChI=1S/C30H39N7O3/c38-17-30(18-39)11-13-35(14-12-30)29-33-26(27-28(34-29)37(20-32-27)25-8-4-5-15-40-25)21-9-10-24-23(16-21)31-19-36(24)22-6-2-1-3-7-22/h9-10,16,19-20,22,25,38-39H,1-8,11-15,17-18H2. The fraction of sp³-hybridized carbons (Fsp3) is 0.600. The highest BCUT2D eigenvalue weighted by molar-refractivity contribution is 5.91. The van der Waals surface area contributed by atoms with Crippen LogP contribution in [0.4, 0.5) is 5.95 Å². The highest BCUT2D eigenvalue weighted by Gasteiger charge is 2.35. The van der Waals surface area contributed by atoms with Gasteiger partial charge in [-0.25, -0.2) is 15.0 Å². The summed E-state index contributed by atoms with van der Waals surface area (Å²) in [4.78, 5) is 21.9. The Balaban J connectivity index is 1.30. The van der Waals surface area contributed by atoms with Gasteiger partial charge in [0.2, 0.25) is 5.95 Å². The molecule has 0 bridgehead atoms. The smallest absolute Gasteiger partial charge is 0.228 e. The molecule has 212 valence electrons. The van der Waals surface area contributed by atoms with Gasteiger partial charge in [0.05, 0.1) is 36.9 Å². The van der Waals surface area contributed by atoms with Crippen LogP contribution in [0.2, 0.25) is 0 Å². The van der Waals surface area contributed by atoms with E-state index in [1.54, 1.807) is 0 Å². The minimum absolute atomic E-state index is 0.0121. The van der Waals surface area contributed by atoms with Gasteiger partial charge >= 0.3 is 0 Å². The van der Waals surface area contributed by atoms with Gasteiger partial charge in [0.25, 0.3) is 0 Å². The number of hydrogen-bond donors (Lipinski definition) is 2. The van der Waals surface area contributed by atoms with Crippen molar-refractivity contribution in [3.05, 3.63) is 30.9 Å². The van der Waals surface area contributed by atoms with Crippen LogP contribution in [-0.4, -0.2) is 72.2 Å². The van der Waals surface area contributed by atoms with Crippen LogP contribution in [0.1, 0.15) is 76.5 Å². The van der Waals surface area contributed by atoms with Crippen molar-refractivity contribution in [1.29, 1.82) is 0 Å². The first-order valence-corrected chi connectivity index (χ1v) is 15.0. The van der Waals surface area contributed by atoms with Crippen LogP contribution in [0.15, 0.2) is 30.9 Å². The van der Waals surface area contributed by atoms with Crippen LogP contribution in [-0.2, 0) is 4.74 Å². The van der Waals surface area contributed by atoms with Crippen LogP contribution >= 0.6 is 0 Å².